The summed E-state index contributed by atoms with van der Waals surface area (Å²) in [6.45, 7) is 0.270. The first kappa shape index (κ1) is 14.6. The number of phenolic OH excluding ortho intramolecular Hbond substituents is 1. The van der Waals surface area contributed by atoms with Gasteiger partial charge >= 0.3 is 6.03 Å². The van der Waals surface area contributed by atoms with E-state index in [2.05, 4.69) is 21.2 Å². The van der Waals surface area contributed by atoms with Gasteiger partial charge in [0.2, 0.25) is 0 Å². The Balaban J connectivity index is 1.82. The molecule has 0 bridgehead atoms. The Morgan fingerprint density at radius 2 is 2.09 bits per heavy atom. The molecule has 1 amide bonds. The van der Waals surface area contributed by atoms with Crippen LogP contribution in [0.4, 0.5) is 9.18 Å². The van der Waals surface area contributed by atoms with Gasteiger partial charge in [-0.05, 0) is 51.8 Å². The molecular weight excluding hydrogens is 351 g/mol. The lowest BCUT2D eigenvalue weighted by Crippen LogP contribution is -2.27. The van der Waals surface area contributed by atoms with Crippen molar-refractivity contribution in [2.75, 3.05) is 0 Å². The third kappa shape index (κ3) is 2.82. The number of aromatic nitrogens is 1. The number of benzene rings is 2. The van der Waals surface area contributed by atoms with E-state index < -0.39 is 5.82 Å². The first-order valence-corrected chi connectivity index (χ1v) is 7.36. The van der Waals surface area contributed by atoms with Gasteiger partial charge in [-0.25, -0.2) is 9.18 Å². The second-order valence-electron chi connectivity index (χ2n) is 4.84. The molecule has 0 spiro atoms. The lowest BCUT2D eigenvalue weighted by Gasteiger charge is -2.08. The van der Waals surface area contributed by atoms with E-state index in [0.29, 0.717) is 9.99 Å². The monoisotopic (exact) mass is 362 g/mol. The highest BCUT2D eigenvalue weighted by atomic mass is 79.9. The average molecular weight is 363 g/mol. The van der Waals surface area contributed by atoms with Gasteiger partial charge in [0.15, 0.2) is 0 Å². The molecule has 3 rings (SSSR count). The molecule has 0 aliphatic rings. The minimum Gasteiger partial charge on any atom is -0.508 e. The fraction of sp³-hybridized carbons (Fsp3) is 0.0625. The average Bonchev–Trinajstić information content (AvgIpc) is 2.88. The van der Waals surface area contributed by atoms with Crippen molar-refractivity contribution in [2.45, 2.75) is 6.54 Å². The lowest BCUT2D eigenvalue weighted by molar-refractivity contribution is 0.243. The summed E-state index contributed by atoms with van der Waals surface area (Å²) in [6, 6.07) is 11.0. The van der Waals surface area contributed by atoms with Crippen LogP contribution in [0, 0.1) is 5.82 Å². The van der Waals surface area contributed by atoms with Crippen molar-refractivity contribution in [3.63, 3.8) is 0 Å². The number of hydrogen-bond donors (Lipinski definition) is 2. The van der Waals surface area contributed by atoms with Crippen LogP contribution in [-0.4, -0.2) is 15.7 Å². The van der Waals surface area contributed by atoms with Crippen molar-refractivity contribution in [1.82, 2.24) is 9.88 Å². The Bertz CT molecular complexity index is 860. The molecule has 0 saturated heterocycles. The zero-order valence-corrected chi connectivity index (χ0v) is 13.0. The SMILES string of the molecule is O=C(NCc1cccc(O)c1)n1ccc2cc(Br)c(F)cc21. The van der Waals surface area contributed by atoms with E-state index in [9.17, 15) is 14.3 Å². The van der Waals surface area contributed by atoms with Crippen molar-refractivity contribution in [3.8, 4) is 5.75 Å². The Hall–Kier alpha value is -2.34. The largest absolute Gasteiger partial charge is 0.508 e. The number of aromatic hydroxyl groups is 1. The number of nitrogens with one attached hydrogen (secondary N) is 1. The molecule has 3 aromatic rings. The van der Waals surface area contributed by atoms with Crippen molar-refractivity contribution in [3.05, 3.63) is 64.5 Å². The second-order valence-corrected chi connectivity index (χ2v) is 5.69. The molecule has 4 nitrogen and oxygen atoms in total. The summed E-state index contributed by atoms with van der Waals surface area (Å²) in [5.41, 5.74) is 1.27. The summed E-state index contributed by atoms with van der Waals surface area (Å²) in [5, 5.41) is 12.9. The lowest BCUT2D eigenvalue weighted by atomic mass is 10.2. The highest BCUT2D eigenvalue weighted by molar-refractivity contribution is 9.10. The maximum atomic E-state index is 13.6. The van der Waals surface area contributed by atoms with E-state index in [1.807, 2.05) is 0 Å². The molecule has 0 atom stereocenters. The van der Waals surface area contributed by atoms with Crippen molar-refractivity contribution < 1.29 is 14.3 Å². The van der Waals surface area contributed by atoms with Gasteiger partial charge in [0.1, 0.15) is 11.6 Å². The Kier molecular flexibility index (Phi) is 3.85. The number of phenols is 1. The fourth-order valence-electron chi connectivity index (χ4n) is 2.24. The van der Waals surface area contributed by atoms with Gasteiger partial charge in [0.25, 0.3) is 0 Å². The summed E-state index contributed by atoms with van der Waals surface area (Å²) in [7, 11) is 0. The van der Waals surface area contributed by atoms with E-state index in [0.717, 1.165) is 10.9 Å². The first-order valence-electron chi connectivity index (χ1n) is 6.57. The van der Waals surface area contributed by atoms with Crippen molar-refractivity contribution in [2.24, 2.45) is 0 Å². The highest BCUT2D eigenvalue weighted by Gasteiger charge is 2.11. The molecule has 0 fully saturated rings. The van der Waals surface area contributed by atoms with Crippen LogP contribution in [0.5, 0.6) is 5.75 Å². The second kappa shape index (κ2) is 5.81. The minimum atomic E-state index is -0.423. The number of rotatable bonds is 2. The zero-order chi connectivity index (χ0) is 15.7. The summed E-state index contributed by atoms with van der Waals surface area (Å²) in [4.78, 5) is 12.2. The van der Waals surface area contributed by atoms with E-state index >= 15 is 0 Å². The quantitative estimate of drug-likeness (QED) is 0.723. The van der Waals surface area contributed by atoms with Crippen LogP contribution in [-0.2, 0) is 6.54 Å². The molecule has 2 aromatic carbocycles. The van der Waals surface area contributed by atoms with Crippen molar-refractivity contribution >= 4 is 32.9 Å². The van der Waals surface area contributed by atoms with Crippen LogP contribution in [0.2, 0.25) is 0 Å². The normalized spacial score (nSPS) is 10.8. The molecule has 6 heteroatoms. The number of amides is 1. The Labute approximate surface area is 134 Å². The molecule has 0 radical (unpaired) electrons. The van der Waals surface area contributed by atoms with E-state index in [1.54, 1.807) is 42.6 Å². The predicted octanol–water partition coefficient (Wildman–Crippen LogP) is 4.01. The summed E-state index contributed by atoms with van der Waals surface area (Å²) in [6.07, 6.45) is 1.59. The van der Waals surface area contributed by atoms with Crippen LogP contribution in [0.3, 0.4) is 0 Å². The maximum absolute atomic E-state index is 13.6. The van der Waals surface area contributed by atoms with Crippen LogP contribution in [0.15, 0.2) is 53.1 Å². The van der Waals surface area contributed by atoms with Crippen LogP contribution in [0.25, 0.3) is 10.9 Å². The molecule has 1 heterocycles. The van der Waals surface area contributed by atoms with Gasteiger partial charge < -0.3 is 10.4 Å². The highest BCUT2D eigenvalue weighted by Crippen LogP contribution is 2.24. The third-order valence-electron chi connectivity index (χ3n) is 3.31. The van der Waals surface area contributed by atoms with Crippen molar-refractivity contribution in [1.29, 1.82) is 0 Å². The van der Waals surface area contributed by atoms with Gasteiger partial charge in [-0.1, -0.05) is 12.1 Å². The number of carbonyl (C=O) groups excluding carboxylic acids is 1. The predicted molar refractivity (Wildman–Crippen MR) is 85.3 cm³/mol. The summed E-state index contributed by atoms with van der Waals surface area (Å²) in [5.74, 6) is -0.279. The number of hydrogen-bond acceptors (Lipinski definition) is 2. The Morgan fingerprint density at radius 1 is 1.27 bits per heavy atom. The van der Waals surface area contributed by atoms with Gasteiger partial charge in [0.05, 0.1) is 9.99 Å². The molecule has 0 unspecified atom stereocenters. The standard InChI is InChI=1S/C16H12BrFN2O2/c17-13-7-11-4-5-20(15(11)8-14(13)18)16(22)19-9-10-2-1-3-12(21)6-10/h1-8,21H,9H2,(H,19,22). The zero-order valence-electron chi connectivity index (χ0n) is 11.4. The molecule has 0 saturated carbocycles. The van der Waals surface area contributed by atoms with Gasteiger partial charge in [0, 0.05) is 18.1 Å². The number of nitrogens with zero attached hydrogens (tertiary/aromatic N) is 1. The van der Waals surface area contributed by atoms with Gasteiger partial charge in [-0.2, -0.15) is 0 Å². The Morgan fingerprint density at radius 3 is 2.86 bits per heavy atom. The summed E-state index contributed by atoms with van der Waals surface area (Å²) >= 11 is 3.12. The number of fused-ring (bicyclic) bond motifs is 1. The van der Waals surface area contributed by atoms with Gasteiger partial charge in [-0.15, -0.1) is 0 Å². The fourth-order valence-corrected chi connectivity index (χ4v) is 2.60. The van der Waals surface area contributed by atoms with E-state index in [1.165, 1.54) is 10.6 Å². The number of halogens is 2. The maximum Gasteiger partial charge on any atom is 0.326 e. The van der Waals surface area contributed by atoms with Crippen LogP contribution in [0.1, 0.15) is 5.56 Å². The summed E-state index contributed by atoms with van der Waals surface area (Å²) < 4.78 is 15.4. The first-order chi connectivity index (χ1) is 10.5. The molecule has 0 aliphatic heterocycles. The molecule has 22 heavy (non-hydrogen) atoms. The topological polar surface area (TPSA) is 54.3 Å². The molecule has 2 N–H and O–H groups in total. The third-order valence-corrected chi connectivity index (χ3v) is 3.91. The van der Waals surface area contributed by atoms with Gasteiger partial charge in [-0.3, -0.25) is 4.57 Å². The smallest absolute Gasteiger partial charge is 0.326 e. The molecular formula is C16H12BrFN2O2. The molecule has 1 aromatic heterocycles. The minimum absolute atomic E-state index is 0.144. The van der Waals surface area contributed by atoms with E-state index in [4.69, 9.17) is 0 Å². The van der Waals surface area contributed by atoms with Crippen LogP contribution >= 0.6 is 15.9 Å². The molecule has 112 valence electrons. The number of carbonyl (C=O) groups is 1. The van der Waals surface area contributed by atoms with Crippen LogP contribution < -0.4 is 5.32 Å². The molecule has 0 aliphatic carbocycles. The van der Waals surface area contributed by atoms with E-state index in [-0.39, 0.29) is 18.3 Å².